The molecule has 152 valence electrons. The van der Waals surface area contributed by atoms with Crippen LogP contribution >= 0.6 is 0 Å². The molecule has 0 aliphatic heterocycles. The smallest absolute Gasteiger partial charge is 0.329 e. The number of halogens is 3. The first-order valence-electron chi connectivity index (χ1n) is 8.48. The summed E-state index contributed by atoms with van der Waals surface area (Å²) in [5.74, 6) is -2.41. The average molecular weight is 423 g/mol. The van der Waals surface area contributed by atoms with Gasteiger partial charge in [-0.15, -0.1) is 0 Å². The fourth-order valence-corrected chi connectivity index (χ4v) is 4.20. The Balaban J connectivity index is 1.91. The van der Waals surface area contributed by atoms with Crippen LogP contribution in [0.3, 0.4) is 0 Å². The average Bonchev–Trinajstić information content (AvgIpc) is 3.19. The molecule has 0 spiro atoms. The lowest BCUT2D eigenvalue weighted by Crippen LogP contribution is -2.16. The van der Waals surface area contributed by atoms with E-state index in [2.05, 4.69) is 19.0 Å². The third kappa shape index (κ3) is 4.37. The molecule has 1 unspecified atom stereocenters. The molecule has 10 heteroatoms. The molecule has 1 amide bonds. The molecule has 1 aromatic heterocycles. The van der Waals surface area contributed by atoms with Crippen molar-refractivity contribution >= 4 is 15.6 Å². The molecule has 0 fully saturated rings. The molecule has 0 bridgehead atoms. The molecule has 29 heavy (non-hydrogen) atoms. The Bertz CT molecular complexity index is 1130. The predicted octanol–water partition coefficient (Wildman–Crippen LogP) is 4.83. The predicted molar refractivity (Wildman–Crippen MR) is 99.5 cm³/mol. The van der Waals surface area contributed by atoms with E-state index in [4.69, 9.17) is 0 Å². The summed E-state index contributed by atoms with van der Waals surface area (Å²) >= 11 is 0. The van der Waals surface area contributed by atoms with Gasteiger partial charge in [-0.1, -0.05) is 35.5 Å². The number of benzene rings is 2. The minimum atomic E-state index is -4.74. The van der Waals surface area contributed by atoms with Gasteiger partial charge in [0.2, 0.25) is 5.82 Å². The topological polar surface area (TPSA) is 85.4 Å². The molecule has 1 heterocycles. The molecule has 6 nitrogen and oxygen atoms in total. The van der Waals surface area contributed by atoms with E-state index in [1.807, 2.05) is 0 Å². The highest BCUT2D eigenvalue weighted by atomic mass is 32.2. The maximum atomic E-state index is 13.3. The normalized spacial score (nSPS) is 13.9. The lowest BCUT2D eigenvalue weighted by atomic mass is 10.1. The lowest BCUT2D eigenvalue weighted by Gasteiger charge is -2.13. The molecular weight excluding hydrogens is 407 g/mol. The maximum Gasteiger partial charge on any atom is 0.471 e. The van der Waals surface area contributed by atoms with Crippen molar-refractivity contribution in [2.45, 2.75) is 30.2 Å². The third-order valence-electron chi connectivity index (χ3n) is 4.00. The van der Waals surface area contributed by atoms with Crippen molar-refractivity contribution in [1.82, 2.24) is 10.1 Å². The second-order valence-electron chi connectivity index (χ2n) is 6.33. The lowest BCUT2D eigenvalue weighted by molar-refractivity contribution is -0.159. The molecule has 0 aliphatic rings. The zero-order valence-electron chi connectivity index (χ0n) is 15.4. The minimum Gasteiger partial charge on any atom is -0.329 e. The third-order valence-corrected chi connectivity index (χ3v) is 6.66. The standard InChI is InChI=1S/C19H16F3N3O3S/c1-12(2)29(27,15-6-4-3-5-7-15)25-17(26)14-10-8-13(9-11-14)16-23-18(28-24-16)19(20,21)22/h3-12H,1-2H3. The van der Waals surface area contributed by atoms with Gasteiger partial charge < -0.3 is 4.52 Å². The van der Waals surface area contributed by atoms with E-state index in [1.165, 1.54) is 24.3 Å². The molecule has 0 aliphatic carbocycles. The van der Waals surface area contributed by atoms with Crippen LogP contribution in [0.5, 0.6) is 0 Å². The van der Waals surface area contributed by atoms with Gasteiger partial charge in [0, 0.05) is 21.3 Å². The highest BCUT2D eigenvalue weighted by molar-refractivity contribution is 7.94. The zero-order chi connectivity index (χ0) is 21.2. The van der Waals surface area contributed by atoms with Crippen molar-refractivity contribution < 1.29 is 26.7 Å². The molecule has 2 aromatic carbocycles. The van der Waals surface area contributed by atoms with Crippen LogP contribution in [0, 0.1) is 0 Å². The van der Waals surface area contributed by atoms with Crippen LogP contribution in [0.15, 0.2) is 68.4 Å². The first-order valence-corrected chi connectivity index (χ1v) is 10.1. The van der Waals surface area contributed by atoms with Gasteiger partial charge in [0.05, 0.1) is 9.73 Å². The Hall–Kier alpha value is -3.01. The van der Waals surface area contributed by atoms with E-state index in [0.717, 1.165) is 0 Å². The van der Waals surface area contributed by atoms with Crippen molar-refractivity contribution in [3.63, 3.8) is 0 Å². The van der Waals surface area contributed by atoms with E-state index in [9.17, 15) is 22.2 Å². The summed E-state index contributed by atoms with van der Waals surface area (Å²) in [6, 6.07) is 13.9. The van der Waals surface area contributed by atoms with Crippen molar-refractivity contribution in [3.05, 3.63) is 66.1 Å². The maximum absolute atomic E-state index is 13.3. The highest BCUT2D eigenvalue weighted by Crippen LogP contribution is 2.29. The van der Waals surface area contributed by atoms with Crippen LogP contribution in [0.2, 0.25) is 0 Å². The van der Waals surface area contributed by atoms with Crippen molar-refractivity contribution in [2.75, 3.05) is 0 Å². The van der Waals surface area contributed by atoms with E-state index in [0.29, 0.717) is 4.90 Å². The summed E-state index contributed by atoms with van der Waals surface area (Å²) in [7, 11) is -3.00. The molecule has 0 saturated heterocycles. The second-order valence-corrected chi connectivity index (χ2v) is 9.06. The summed E-state index contributed by atoms with van der Waals surface area (Å²) in [6.07, 6.45) is -4.74. The number of hydrogen-bond donors (Lipinski definition) is 0. The Labute approximate surface area is 164 Å². The van der Waals surface area contributed by atoms with Gasteiger partial charge in [0.15, 0.2) is 0 Å². The molecule has 0 N–H and O–H groups in total. The van der Waals surface area contributed by atoms with Gasteiger partial charge in [-0.25, -0.2) is 4.21 Å². The molecular formula is C19H16F3N3O3S. The number of hydrogen-bond acceptors (Lipinski definition) is 5. The second kappa shape index (κ2) is 7.78. The summed E-state index contributed by atoms with van der Waals surface area (Å²) < 4.78 is 59.2. The van der Waals surface area contributed by atoms with E-state index in [-0.39, 0.29) is 17.0 Å². The Kier molecular flexibility index (Phi) is 5.56. The number of amides is 1. The van der Waals surface area contributed by atoms with Crippen LogP contribution in [0.25, 0.3) is 11.4 Å². The summed E-state index contributed by atoms with van der Waals surface area (Å²) in [5, 5.41) is 2.88. The molecule has 1 atom stereocenters. The zero-order valence-corrected chi connectivity index (χ0v) is 16.2. The van der Waals surface area contributed by atoms with E-state index < -0.39 is 33.0 Å². The Morgan fingerprint density at radius 1 is 1.07 bits per heavy atom. The Morgan fingerprint density at radius 2 is 1.69 bits per heavy atom. The molecule has 0 radical (unpaired) electrons. The first kappa shape index (κ1) is 20.7. The summed E-state index contributed by atoms with van der Waals surface area (Å²) in [4.78, 5) is 16.3. The highest BCUT2D eigenvalue weighted by Gasteiger charge is 2.38. The van der Waals surface area contributed by atoms with Crippen molar-refractivity contribution in [3.8, 4) is 11.4 Å². The molecule has 0 saturated carbocycles. The fraction of sp³-hybridized carbons (Fsp3) is 0.211. The van der Waals surface area contributed by atoms with Gasteiger partial charge >= 0.3 is 12.1 Å². The fourth-order valence-electron chi connectivity index (χ4n) is 2.44. The van der Waals surface area contributed by atoms with E-state index >= 15 is 0 Å². The van der Waals surface area contributed by atoms with Crippen LogP contribution in [0.1, 0.15) is 30.1 Å². The Morgan fingerprint density at radius 3 is 2.21 bits per heavy atom. The van der Waals surface area contributed by atoms with Gasteiger partial charge in [-0.3, -0.25) is 4.79 Å². The molecule has 3 rings (SSSR count). The first-order chi connectivity index (χ1) is 13.6. The number of carbonyl (C=O) groups excluding carboxylic acids is 1. The molecule has 3 aromatic rings. The van der Waals surface area contributed by atoms with E-state index in [1.54, 1.807) is 44.2 Å². The van der Waals surface area contributed by atoms with Gasteiger partial charge in [-0.05, 0) is 38.1 Å². The SMILES string of the molecule is CC(C)S(=O)(=NC(=O)c1ccc(-c2noc(C(F)(F)F)n2)cc1)c1ccccc1. The van der Waals surface area contributed by atoms with Crippen LogP contribution in [0.4, 0.5) is 13.2 Å². The van der Waals surface area contributed by atoms with Gasteiger partial charge in [0.1, 0.15) is 0 Å². The van der Waals surface area contributed by atoms with Crippen LogP contribution in [-0.4, -0.2) is 25.5 Å². The number of rotatable bonds is 4. The minimum absolute atomic E-state index is 0.137. The number of carbonyl (C=O) groups is 1. The van der Waals surface area contributed by atoms with Crippen LogP contribution in [-0.2, 0) is 15.9 Å². The number of aromatic nitrogens is 2. The number of alkyl halides is 3. The largest absolute Gasteiger partial charge is 0.471 e. The monoisotopic (exact) mass is 423 g/mol. The van der Waals surface area contributed by atoms with Gasteiger partial charge in [0.25, 0.3) is 5.91 Å². The summed E-state index contributed by atoms with van der Waals surface area (Å²) in [5.41, 5.74) is 0.367. The van der Waals surface area contributed by atoms with Gasteiger partial charge in [-0.2, -0.15) is 22.5 Å². The van der Waals surface area contributed by atoms with Crippen molar-refractivity contribution in [1.29, 1.82) is 0 Å². The quantitative estimate of drug-likeness (QED) is 0.600. The summed E-state index contributed by atoms with van der Waals surface area (Å²) in [6.45, 7) is 3.42. The van der Waals surface area contributed by atoms with Crippen LogP contribution < -0.4 is 0 Å². The number of nitrogens with zero attached hydrogens (tertiary/aromatic N) is 3. The van der Waals surface area contributed by atoms with Crippen molar-refractivity contribution in [2.24, 2.45) is 4.36 Å².